The molecule has 18 heavy (non-hydrogen) atoms. The molecule has 0 saturated heterocycles. The fourth-order valence-electron chi connectivity index (χ4n) is 2.02. The van der Waals surface area contributed by atoms with Crippen LogP contribution in [-0.2, 0) is 12.8 Å². The van der Waals surface area contributed by atoms with Crippen LogP contribution in [0.2, 0.25) is 0 Å². The third-order valence-corrected chi connectivity index (χ3v) is 3.98. The number of hydrogen-bond acceptors (Lipinski definition) is 2. The molecule has 1 unspecified atom stereocenters. The smallest absolute Gasteiger partial charge is 0.123 e. The van der Waals surface area contributed by atoms with Crippen molar-refractivity contribution in [3.63, 3.8) is 0 Å². The molecule has 0 aliphatic heterocycles. The molecule has 3 heteroatoms. The van der Waals surface area contributed by atoms with Crippen LogP contribution in [0.3, 0.4) is 0 Å². The molecular weight excluding hydrogens is 245 g/mol. The molecule has 0 spiro atoms. The number of aryl methyl sites for hydroxylation is 1. The highest BCUT2D eigenvalue weighted by Crippen LogP contribution is 2.19. The van der Waals surface area contributed by atoms with Gasteiger partial charge in [-0.15, -0.1) is 11.3 Å². The first-order valence-electron chi connectivity index (χ1n) is 6.11. The van der Waals surface area contributed by atoms with Crippen molar-refractivity contribution in [2.24, 2.45) is 5.73 Å². The Kier molecular flexibility index (Phi) is 4.15. The Balaban J connectivity index is 1.92. The number of hydrogen-bond donors (Lipinski definition) is 1. The van der Waals surface area contributed by atoms with E-state index in [0.717, 1.165) is 24.8 Å². The summed E-state index contributed by atoms with van der Waals surface area (Å²) in [7, 11) is 0. The Morgan fingerprint density at radius 1 is 1.22 bits per heavy atom. The maximum absolute atomic E-state index is 12.8. The quantitative estimate of drug-likeness (QED) is 0.873. The van der Waals surface area contributed by atoms with Gasteiger partial charge in [0.15, 0.2) is 0 Å². The summed E-state index contributed by atoms with van der Waals surface area (Å²) in [5.41, 5.74) is 7.16. The molecule has 0 aliphatic rings. The lowest BCUT2D eigenvalue weighted by atomic mass is 9.89. The number of benzene rings is 1. The molecule has 1 aromatic heterocycles. The zero-order chi connectivity index (χ0) is 13.0. The molecule has 2 rings (SSSR count). The second-order valence-electron chi connectivity index (χ2n) is 5.04. The number of halogens is 1. The summed E-state index contributed by atoms with van der Waals surface area (Å²) in [5.74, 6) is -0.198. The van der Waals surface area contributed by atoms with Crippen molar-refractivity contribution in [2.45, 2.75) is 31.7 Å². The third kappa shape index (κ3) is 3.93. The summed E-state index contributed by atoms with van der Waals surface area (Å²) < 4.78 is 12.8. The van der Waals surface area contributed by atoms with Crippen LogP contribution in [0.1, 0.15) is 23.8 Å². The molecule has 1 heterocycles. The van der Waals surface area contributed by atoms with Crippen molar-refractivity contribution in [3.05, 3.63) is 58.0 Å². The summed E-state index contributed by atoms with van der Waals surface area (Å²) in [6, 6.07) is 10.8. The predicted octanol–water partition coefficient (Wildman–Crippen LogP) is 3.78. The highest BCUT2D eigenvalue weighted by Gasteiger charge is 2.19. The Hall–Kier alpha value is -1.19. The number of nitrogens with two attached hydrogens (primary N) is 1. The monoisotopic (exact) mass is 263 g/mol. The highest BCUT2D eigenvalue weighted by molar-refractivity contribution is 7.09. The summed E-state index contributed by atoms with van der Waals surface area (Å²) in [4.78, 5) is 1.37. The molecule has 0 aliphatic carbocycles. The van der Waals surface area contributed by atoms with E-state index in [9.17, 15) is 4.39 Å². The summed E-state index contributed by atoms with van der Waals surface area (Å²) in [6.45, 7) is 2.06. The van der Waals surface area contributed by atoms with Gasteiger partial charge in [0.2, 0.25) is 0 Å². The standard InChI is InChI=1S/C15H18FNS/c1-15(17,9-8-14-3-2-10-18-14)11-12-4-6-13(16)7-5-12/h2-7,10H,8-9,11,17H2,1H3. The van der Waals surface area contributed by atoms with E-state index in [2.05, 4.69) is 24.4 Å². The summed E-state index contributed by atoms with van der Waals surface area (Å²) >= 11 is 1.77. The zero-order valence-corrected chi connectivity index (χ0v) is 11.3. The van der Waals surface area contributed by atoms with Crippen LogP contribution < -0.4 is 5.73 Å². The molecule has 0 amide bonds. The number of rotatable bonds is 5. The van der Waals surface area contributed by atoms with Crippen molar-refractivity contribution in [1.82, 2.24) is 0 Å². The second kappa shape index (κ2) is 5.63. The largest absolute Gasteiger partial charge is 0.325 e. The van der Waals surface area contributed by atoms with Gasteiger partial charge in [-0.3, -0.25) is 0 Å². The van der Waals surface area contributed by atoms with Crippen molar-refractivity contribution in [1.29, 1.82) is 0 Å². The van der Waals surface area contributed by atoms with Gasteiger partial charge in [0.05, 0.1) is 0 Å². The minimum Gasteiger partial charge on any atom is -0.325 e. The molecule has 2 aromatic rings. The molecular formula is C15H18FNS. The van der Waals surface area contributed by atoms with Crippen LogP contribution in [0.5, 0.6) is 0 Å². The fourth-order valence-corrected chi connectivity index (χ4v) is 2.73. The SMILES string of the molecule is CC(N)(CCc1cccs1)Cc1ccc(F)cc1. The number of thiophene rings is 1. The Morgan fingerprint density at radius 2 is 1.94 bits per heavy atom. The average Bonchev–Trinajstić information content (AvgIpc) is 2.83. The van der Waals surface area contributed by atoms with Gasteiger partial charge in [-0.2, -0.15) is 0 Å². The van der Waals surface area contributed by atoms with E-state index < -0.39 is 0 Å². The Bertz CT molecular complexity index is 474. The van der Waals surface area contributed by atoms with Crippen LogP contribution in [-0.4, -0.2) is 5.54 Å². The average molecular weight is 263 g/mol. The van der Waals surface area contributed by atoms with Gasteiger partial charge < -0.3 is 5.73 Å². The van der Waals surface area contributed by atoms with Gasteiger partial charge in [0, 0.05) is 10.4 Å². The second-order valence-corrected chi connectivity index (χ2v) is 6.07. The third-order valence-electron chi connectivity index (χ3n) is 3.04. The van der Waals surface area contributed by atoms with E-state index in [1.165, 1.54) is 17.0 Å². The summed E-state index contributed by atoms with van der Waals surface area (Å²) in [5, 5.41) is 2.09. The zero-order valence-electron chi connectivity index (χ0n) is 10.5. The van der Waals surface area contributed by atoms with Crippen LogP contribution in [0.4, 0.5) is 4.39 Å². The van der Waals surface area contributed by atoms with E-state index in [0.29, 0.717) is 0 Å². The lowest BCUT2D eigenvalue weighted by molar-refractivity contribution is 0.431. The topological polar surface area (TPSA) is 26.0 Å². The molecule has 96 valence electrons. The van der Waals surface area contributed by atoms with Crippen molar-refractivity contribution in [2.75, 3.05) is 0 Å². The normalized spacial score (nSPS) is 14.4. The van der Waals surface area contributed by atoms with Gasteiger partial charge >= 0.3 is 0 Å². The maximum atomic E-state index is 12.8. The van der Waals surface area contributed by atoms with E-state index in [-0.39, 0.29) is 11.4 Å². The van der Waals surface area contributed by atoms with Crippen LogP contribution in [0, 0.1) is 5.82 Å². The Labute approximate surface area is 111 Å². The van der Waals surface area contributed by atoms with E-state index >= 15 is 0 Å². The molecule has 2 N–H and O–H groups in total. The molecule has 0 radical (unpaired) electrons. The maximum Gasteiger partial charge on any atom is 0.123 e. The Morgan fingerprint density at radius 3 is 2.56 bits per heavy atom. The highest BCUT2D eigenvalue weighted by atomic mass is 32.1. The molecule has 1 nitrogen and oxygen atoms in total. The molecule has 0 saturated carbocycles. The molecule has 0 bridgehead atoms. The van der Waals surface area contributed by atoms with Gasteiger partial charge in [-0.25, -0.2) is 4.39 Å². The first-order valence-corrected chi connectivity index (χ1v) is 6.99. The van der Waals surface area contributed by atoms with Crippen LogP contribution in [0.25, 0.3) is 0 Å². The van der Waals surface area contributed by atoms with Crippen LogP contribution in [0.15, 0.2) is 41.8 Å². The van der Waals surface area contributed by atoms with Gasteiger partial charge in [0.25, 0.3) is 0 Å². The van der Waals surface area contributed by atoms with E-state index in [1.807, 2.05) is 12.1 Å². The predicted molar refractivity (Wildman–Crippen MR) is 75.3 cm³/mol. The van der Waals surface area contributed by atoms with E-state index in [1.54, 1.807) is 11.3 Å². The first kappa shape index (κ1) is 13.2. The lowest BCUT2D eigenvalue weighted by Gasteiger charge is -2.24. The van der Waals surface area contributed by atoms with Gasteiger partial charge in [0.1, 0.15) is 5.82 Å². The molecule has 0 fully saturated rings. The van der Waals surface area contributed by atoms with Crippen molar-refractivity contribution >= 4 is 11.3 Å². The van der Waals surface area contributed by atoms with E-state index in [4.69, 9.17) is 5.73 Å². The minimum atomic E-state index is -0.248. The lowest BCUT2D eigenvalue weighted by Crippen LogP contribution is -2.39. The summed E-state index contributed by atoms with van der Waals surface area (Å²) in [6.07, 6.45) is 2.72. The van der Waals surface area contributed by atoms with Gasteiger partial charge in [-0.1, -0.05) is 18.2 Å². The minimum absolute atomic E-state index is 0.198. The molecule has 1 aromatic carbocycles. The molecule has 1 atom stereocenters. The van der Waals surface area contributed by atoms with Gasteiger partial charge in [-0.05, 0) is 55.3 Å². The van der Waals surface area contributed by atoms with Crippen molar-refractivity contribution in [3.8, 4) is 0 Å². The fraction of sp³-hybridized carbons (Fsp3) is 0.333. The van der Waals surface area contributed by atoms with Crippen molar-refractivity contribution < 1.29 is 4.39 Å². The van der Waals surface area contributed by atoms with Crippen LogP contribution >= 0.6 is 11.3 Å². The first-order chi connectivity index (χ1) is 8.55.